The standard InChI is InChI=1S/C20H17N5O4S2/c1-11-22-12(10-30-11)9-25-19-13(5-4-8-21-19)17(26)16(20(25)27)18-23-14-6-2-3-7-15(14)31(28,29)24-18/h2-8,10,26,28-29H,9H2,1H3,(H,23,24). The van der Waals surface area contributed by atoms with Crippen LogP contribution in [0.3, 0.4) is 0 Å². The van der Waals surface area contributed by atoms with Gasteiger partial charge in [0.25, 0.3) is 5.56 Å². The third kappa shape index (κ3) is 3.27. The fourth-order valence-corrected chi connectivity index (χ4v) is 5.28. The van der Waals surface area contributed by atoms with E-state index >= 15 is 0 Å². The fraction of sp³-hybridized carbons (Fsp3) is 0.100. The quantitative estimate of drug-likeness (QED) is 0.369. The van der Waals surface area contributed by atoms with E-state index in [0.29, 0.717) is 22.4 Å². The van der Waals surface area contributed by atoms with Crippen LogP contribution < -0.4 is 10.9 Å². The average molecular weight is 456 g/mol. The largest absolute Gasteiger partial charge is 0.506 e. The van der Waals surface area contributed by atoms with Crippen LogP contribution in [0, 0.1) is 6.92 Å². The first-order valence-electron chi connectivity index (χ1n) is 9.21. The molecule has 0 atom stereocenters. The molecular formula is C20H17N5O4S2. The van der Waals surface area contributed by atoms with Gasteiger partial charge in [0.05, 0.1) is 28.3 Å². The van der Waals surface area contributed by atoms with Crippen LogP contribution in [0.2, 0.25) is 0 Å². The Morgan fingerprint density at radius 1 is 1.19 bits per heavy atom. The predicted molar refractivity (Wildman–Crippen MR) is 121 cm³/mol. The summed E-state index contributed by atoms with van der Waals surface area (Å²) in [6.45, 7) is 2.02. The number of para-hydroxylation sites is 1. The van der Waals surface area contributed by atoms with E-state index < -0.39 is 16.3 Å². The van der Waals surface area contributed by atoms with Crippen molar-refractivity contribution in [2.45, 2.75) is 18.4 Å². The van der Waals surface area contributed by atoms with Gasteiger partial charge in [0.15, 0.2) is 5.84 Å². The summed E-state index contributed by atoms with van der Waals surface area (Å²) < 4.78 is 26.5. The summed E-state index contributed by atoms with van der Waals surface area (Å²) in [6, 6.07) is 9.86. The molecule has 1 aromatic carbocycles. The normalized spacial score (nSPS) is 15.8. The van der Waals surface area contributed by atoms with Gasteiger partial charge in [0, 0.05) is 11.6 Å². The van der Waals surface area contributed by atoms with Crippen molar-refractivity contribution >= 4 is 44.7 Å². The topological polar surface area (TPSA) is 133 Å². The molecule has 0 aliphatic carbocycles. The van der Waals surface area contributed by atoms with Gasteiger partial charge in [-0.2, -0.15) is 0 Å². The van der Waals surface area contributed by atoms with Gasteiger partial charge >= 0.3 is 0 Å². The van der Waals surface area contributed by atoms with E-state index in [1.165, 1.54) is 22.1 Å². The van der Waals surface area contributed by atoms with Crippen LogP contribution in [0.15, 0.2) is 62.1 Å². The minimum atomic E-state index is -3.55. The number of aromatic hydroxyl groups is 1. The molecule has 0 spiro atoms. The number of anilines is 1. The fourth-order valence-electron chi connectivity index (χ4n) is 3.51. The maximum absolute atomic E-state index is 13.5. The number of nitrogens with zero attached hydrogens (tertiary/aromatic N) is 4. The second kappa shape index (κ2) is 7.17. The molecule has 158 valence electrons. The Bertz CT molecular complexity index is 1430. The van der Waals surface area contributed by atoms with Crippen molar-refractivity contribution in [2.75, 3.05) is 5.32 Å². The van der Waals surface area contributed by atoms with Gasteiger partial charge in [0.1, 0.15) is 21.9 Å². The van der Waals surface area contributed by atoms with E-state index in [1.807, 2.05) is 12.3 Å². The average Bonchev–Trinajstić information content (AvgIpc) is 3.16. The molecular weight excluding hydrogens is 438 g/mol. The first kappa shape index (κ1) is 19.7. The SMILES string of the molecule is Cc1nc(Cn2c(=O)c(C3=NS(O)(O)c4ccccc4N3)c(O)c3cccnc32)cs1. The van der Waals surface area contributed by atoms with Crippen molar-refractivity contribution in [3.8, 4) is 5.75 Å². The maximum Gasteiger partial charge on any atom is 0.267 e. The lowest BCUT2D eigenvalue weighted by Gasteiger charge is -2.34. The van der Waals surface area contributed by atoms with Crippen molar-refractivity contribution < 1.29 is 14.2 Å². The molecule has 0 fully saturated rings. The molecule has 0 amide bonds. The Labute approximate surface area is 181 Å². The smallest absolute Gasteiger partial charge is 0.267 e. The lowest BCUT2D eigenvalue weighted by atomic mass is 10.1. The van der Waals surface area contributed by atoms with Crippen LogP contribution in [0.4, 0.5) is 5.69 Å². The molecule has 4 heterocycles. The van der Waals surface area contributed by atoms with Gasteiger partial charge in [-0.25, -0.2) is 9.97 Å². The van der Waals surface area contributed by atoms with Crippen LogP contribution in [-0.2, 0) is 6.54 Å². The zero-order valence-electron chi connectivity index (χ0n) is 16.2. The second-order valence-corrected chi connectivity index (χ2v) is 9.65. The number of aryl methyl sites for hydroxylation is 1. The molecule has 11 heteroatoms. The monoisotopic (exact) mass is 455 g/mol. The Kier molecular flexibility index (Phi) is 4.55. The summed E-state index contributed by atoms with van der Waals surface area (Å²) in [6.07, 6.45) is 1.53. The van der Waals surface area contributed by atoms with Crippen molar-refractivity contribution in [1.82, 2.24) is 14.5 Å². The first-order valence-corrected chi connectivity index (χ1v) is 11.6. The number of benzene rings is 1. The number of fused-ring (bicyclic) bond motifs is 2. The molecule has 0 bridgehead atoms. The lowest BCUT2D eigenvalue weighted by Crippen LogP contribution is -2.32. The van der Waals surface area contributed by atoms with E-state index in [2.05, 4.69) is 19.7 Å². The summed E-state index contributed by atoms with van der Waals surface area (Å²) in [5, 5.41) is 17.0. The molecule has 0 saturated carbocycles. The molecule has 5 rings (SSSR count). The van der Waals surface area contributed by atoms with Gasteiger partial charge < -0.3 is 10.4 Å². The van der Waals surface area contributed by atoms with Crippen molar-refractivity contribution in [2.24, 2.45) is 4.40 Å². The van der Waals surface area contributed by atoms with Crippen LogP contribution in [0.5, 0.6) is 5.75 Å². The predicted octanol–water partition coefficient (Wildman–Crippen LogP) is 3.81. The van der Waals surface area contributed by atoms with Crippen LogP contribution in [0.25, 0.3) is 11.0 Å². The van der Waals surface area contributed by atoms with Crippen LogP contribution >= 0.6 is 22.1 Å². The number of rotatable bonds is 3. The van der Waals surface area contributed by atoms with E-state index in [0.717, 1.165) is 5.01 Å². The van der Waals surface area contributed by atoms with E-state index in [4.69, 9.17) is 0 Å². The van der Waals surface area contributed by atoms with Crippen molar-refractivity contribution in [3.05, 3.63) is 74.6 Å². The molecule has 1 aliphatic heterocycles. The number of hydrogen-bond donors (Lipinski definition) is 4. The third-order valence-electron chi connectivity index (χ3n) is 4.87. The summed E-state index contributed by atoms with van der Waals surface area (Å²) in [5.41, 5.74) is 0.639. The summed E-state index contributed by atoms with van der Waals surface area (Å²) in [4.78, 5) is 22.4. The van der Waals surface area contributed by atoms with Crippen LogP contribution in [0.1, 0.15) is 16.3 Å². The molecule has 0 unspecified atom stereocenters. The molecule has 31 heavy (non-hydrogen) atoms. The van der Waals surface area contributed by atoms with Gasteiger partial charge in [-0.3, -0.25) is 18.5 Å². The van der Waals surface area contributed by atoms with E-state index in [1.54, 1.807) is 36.4 Å². The number of amidine groups is 1. The van der Waals surface area contributed by atoms with Gasteiger partial charge in [-0.1, -0.05) is 22.9 Å². The van der Waals surface area contributed by atoms with Crippen molar-refractivity contribution in [3.63, 3.8) is 0 Å². The zero-order valence-corrected chi connectivity index (χ0v) is 17.8. The van der Waals surface area contributed by atoms with Gasteiger partial charge in [0.2, 0.25) is 0 Å². The Morgan fingerprint density at radius 2 is 2.00 bits per heavy atom. The molecule has 9 nitrogen and oxygen atoms in total. The summed E-state index contributed by atoms with van der Waals surface area (Å²) >= 11 is 1.47. The van der Waals surface area contributed by atoms with Gasteiger partial charge in [-0.05, 0) is 31.2 Å². The molecule has 3 aromatic heterocycles. The molecule has 4 N–H and O–H groups in total. The first-order chi connectivity index (χ1) is 14.8. The van der Waals surface area contributed by atoms with E-state index in [9.17, 15) is 19.0 Å². The van der Waals surface area contributed by atoms with Crippen LogP contribution in [-0.4, -0.2) is 34.6 Å². The number of nitrogens with one attached hydrogen (secondary N) is 1. The minimum absolute atomic E-state index is 0.116. The maximum atomic E-state index is 13.5. The zero-order chi connectivity index (χ0) is 21.8. The molecule has 0 radical (unpaired) electrons. The second-order valence-electron chi connectivity index (χ2n) is 6.93. The van der Waals surface area contributed by atoms with Gasteiger partial charge in [-0.15, -0.1) is 15.7 Å². The van der Waals surface area contributed by atoms with Crippen molar-refractivity contribution in [1.29, 1.82) is 0 Å². The molecule has 0 saturated heterocycles. The summed E-state index contributed by atoms with van der Waals surface area (Å²) in [5.74, 6) is -0.449. The Hall–Kier alpha value is -3.25. The Morgan fingerprint density at radius 3 is 2.77 bits per heavy atom. The highest BCUT2D eigenvalue weighted by atomic mass is 32.3. The third-order valence-corrected chi connectivity index (χ3v) is 7.08. The number of aromatic nitrogens is 3. The summed E-state index contributed by atoms with van der Waals surface area (Å²) in [7, 11) is -3.55. The van der Waals surface area contributed by atoms with E-state index in [-0.39, 0.29) is 28.6 Å². The number of pyridine rings is 2. The highest BCUT2D eigenvalue weighted by Crippen LogP contribution is 2.55. The molecule has 4 aromatic rings. The number of thiazole rings is 1. The highest BCUT2D eigenvalue weighted by molar-refractivity contribution is 8.23. The highest BCUT2D eigenvalue weighted by Gasteiger charge is 2.30. The minimum Gasteiger partial charge on any atom is -0.506 e. The molecule has 1 aliphatic rings. The number of hydrogen-bond acceptors (Lipinski definition) is 9. The lowest BCUT2D eigenvalue weighted by molar-refractivity contribution is 0.477. The Balaban J connectivity index is 1.75.